The van der Waals surface area contributed by atoms with Crippen molar-refractivity contribution in [3.05, 3.63) is 0 Å². The summed E-state index contributed by atoms with van der Waals surface area (Å²) in [5.41, 5.74) is -0.986. The number of hydrogen-bond acceptors (Lipinski definition) is 2. The smallest absolute Gasteiger partial charge is 0.311 e. The molecule has 3 heteroatoms. The van der Waals surface area contributed by atoms with Gasteiger partial charge in [-0.3, -0.25) is 4.79 Å². The fourth-order valence-electron chi connectivity index (χ4n) is 0.625. The summed E-state index contributed by atoms with van der Waals surface area (Å²) in [5.74, 6) is -0.940. The van der Waals surface area contributed by atoms with Gasteiger partial charge in [-0.2, -0.15) is 0 Å². The molecular formula is C7H14O3. The second-order valence-corrected chi connectivity index (χ2v) is 2.75. The predicted molar refractivity (Wildman–Crippen MR) is 37.7 cm³/mol. The van der Waals surface area contributed by atoms with Crippen molar-refractivity contribution < 1.29 is 15.0 Å². The number of carboxylic acid groups (broad SMARTS) is 1. The van der Waals surface area contributed by atoms with Gasteiger partial charge >= 0.3 is 5.97 Å². The van der Waals surface area contributed by atoms with Crippen molar-refractivity contribution in [2.24, 2.45) is 5.41 Å². The van der Waals surface area contributed by atoms with Crippen LogP contribution in [0.15, 0.2) is 0 Å². The van der Waals surface area contributed by atoms with Crippen LogP contribution in [0.2, 0.25) is 0 Å². The molecule has 60 valence electrons. The summed E-state index contributed by atoms with van der Waals surface area (Å²) >= 11 is 0. The zero-order chi connectivity index (χ0) is 8.36. The second kappa shape index (κ2) is 3.01. The van der Waals surface area contributed by atoms with E-state index in [4.69, 9.17) is 10.2 Å². The number of aliphatic hydroxyl groups excluding tert-OH is 1. The first-order chi connectivity index (χ1) is 4.45. The summed E-state index contributed by atoms with van der Waals surface area (Å²) in [6.07, 6.45) is -0.352. The maximum absolute atomic E-state index is 10.5. The van der Waals surface area contributed by atoms with E-state index in [1.54, 1.807) is 13.8 Å². The Morgan fingerprint density at radius 3 is 2.10 bits per heavy atom. The molecular weight excluding hydrogens is 132 g/mol. The van der Waals surface area contributed by atoms with E-state index in [-0.39, 0.29) is 0 Å². The van der Waals surface area contributed by atoms with Gasteiger partial charge in [-0.1, -0.05) is 6.92 Å². The Balaban J connectivity index is 4.38. The molecule has 0 aromatic rings. The largest absolute Gasteiger partial charge is 0.481 e. The highest BCUT2D eigenvalue weighted by Crippen LogP contribution is 2.25. The lowest BCUT2D eigenvalue weighted by atomic mass is 9.83. The predicted octanol–water partition coefficient (Wildman–Crippen LogP) is 0.868. The number of carbonyl (C=O) groups is 1. The second-order valence-electron chi connectivity index (χ2n) is 2.75. The van der Waals surface area contributed by atoms with Gasteiger partial charge in [0.25, 0.3) is 0 Å². The van der Waals surface area contributed by atoms with E-state index >= 15 is 0 Å². The van der Waals surface area contributed by atoms with E-state index in [1.807, 2.05) is 0 Å². The minimum atomic E-state index is -0.986. The van der Waals surface area contributed by atoms with Crippen molar-refractivity contribution >= 4 is 5.97 Å². The molecule has 2 atom stereocenters. The van der Waals surface area contributed by atoms with Gasteiger partial charge in [-0.25, -0.2) is 0 Å². The number of aliphatic carboxylic acids is 1. The van der Waals surface area contributed by atoms with Gasteiger partial charge < -0.3 is 10.2 Å². The Kier molecular flexibility index (Phi) is 2.84. The highest BCUT2D eigenvalue weighted by molar-refractivity contribution is 5.74. The van der Waals surface area contributed by atoms with Crippen LogP contribution in [0.1, 0.15) is 27.2 Å². The molecule has 0 aliphatic heterocycles. The van der Waals surface area contributed by atoms with E-state index in [1.165, 1.54) is 6.92 Å². The Hall–Kier alpha value is -0.570. The van der Waals surface area contributed by atoms with Crippen LogP contribution in [-0.4, -0.2) is 22.3 Å². The molecule has 0 heterocycles. The molecule has 0 aliphatic rings. The number of carboxylic acids is 1. The molecule has 10 heavy (non-hydrogen) atoms. The molecule has 0 aromatic carbocycles. The van der Waals surface area contributed by atoms with Crippen LogP contribution >= 0.6 is 0 Å². The average molecular weight is 146 g/mol. The van der Waals surface area contributed by atoms with Crippen LogP contribution in [0.4, 0.5) is 0 Å². The third-order valence-electron chi connectivity index (χ3n) is 2.15. The SMILES string of the molecule is CC[C@](C)(C(=O)O)[C@H](C)O. The lowest BCUT2D eigenvalue weighted by Crippen LogP contribution is -2.37. The van der Waals surface area contributed by atoms with Crippen molar-refractivity contribution in [3.63, 3.8) is 0 Å². The molecule has 2 N–H and O–H groups in total. The van der Waals surface area contributed by atoms with Crippen molar-refractivity contribution in [3.8, 4) is 0 Å². The van der Waals surface area contributed by atoms with Crippen LogP contribution in [0, 0.1) is 5.41 Å². The number of rotatable bonds is 3. The summed E-state index contributed by atoms with van der Waals surface area (Å²) in [7, 11) is 0. The summed E-state index contributed by atoms with van der Waals surface area (Å²) in [6, 6.07) is 0. The number of hydrogen-bond donors (Lipinski definition) is 2. The summed E-state index contributed by atoms with van der Waals surface area (Å²) < 4.78 is 0. The van der Waals surface area contributed by atoms with E-state index in [0.717, 1.165) is 0 Å². The zero-order valence-corrected chi connectivity index (χ0v) is 6.59. The Bertz CT molecular complexity index is 131. The van der Waals surface area contributed by atoms with Gasteiger partial charge in [0.1, 0.15) is 0 Å². The molecule has 0 fully saturated rings. The summed E-state index contributed by atoms with van der Waals surface area (Å²) in [4.78, 5) is 10.5. The van der Waals surface area contributed by atoms with Gasteiger partial charge in [-0.05, 0) is 20.3 Å². The highest BCUT2D eigenvalue weighted by Gasteiger charge is 2.35. The fraction of sp³-hybridized carbons (Fsp3) is 0.857. The monoisotopic (exact) mass is 146 g/mol. The maximum Gasteiger partial charge on any atom is 0.311 e. The van der Waals surface area contributed by atoms with Crippen LogP contribution in [0.5, 0.6) is 0 Å². The lowest BCUT2D eigenvalue weighted by molar-refractivity contribution is -0.154. The first kappa shape index (κ1) is 9.43. The fourth-order valence-corrected chi connectivity index (χ4v) is 0.625. The normalized spacial score (nSPS) is 19.6. The molecule has 3 nitrogen and oxygen atoms in total. The van der Waals surface area contributed by atoms with Crippen molar-refractivity contribution in [1.29, 1.82) is 0 Å². The maximum atomic E-state index is 10.5. The van der Waals surface area contributed by atoms with Gasteiger partial charge in [0.2, 0.25) is 0 Å². The van der Waals surface area contributed by atoms with Crippen molar-refractivity contribution in [1.82, 2.24) is 0 Å². The Morgan fingerprint density at radius 1 is 1.70 bits per heavy atom. The molecule has 0 aromatic heterocycles. The quantitative estimate of drug-likeness (QED) is 0.621. The third-order valence-corrected chi connectivity index (χ3v) is 2.15. The van der Waals surface area contributed by atoms with E-state index in [2.05, 4.69) is 0 Å². The highest BCUT2D eigenvalue weighted by atomic mass is 16.4. The van der Waals surface area contributed by atoms with Gasteiger partial charge in [0, 0.05) is 0 Å². The molecule has 0 amide bonds. The van der Waals surface area contributed by atoms with Crippen LogP contribution in [0.25, 0.3) is 0 Å². The minimum absolute atomic E-state index is 0.444. The van der Waals surface area contributed by atoms with E-state index < -0.39 is 17.5 Å². The van der Waals surface area contributed by atoms with Gasteiger partial charge in [-0.15, -0.1) is 0 Å². The standard InChI is InChI=1S/C7H14O3/c1-4-7(3,5(2)8)6(9)10/h5,8H,4H2,1-3H3,(H,9,10)/t5-,7-/m0/s1. The van der Waals surface area contributed by atoms with Crippen LogP contribution in [-0.2, 0) is 4.79 Å². The van der Waals surface area contributed by atoms with E-state index in [0.29, 0.717) is 6.42 Å². The zero-order valence-electron chi connectivity index (χ0n) is 6.59. The van der Waals surface area contributed by atoms with Crippen LogP contribution < -0.4 is 0 Å². The van der Waals surface area contributed by atoms with Crippen molar-refractivity contribution in [2.75, 3.05) is 0 Å². The summed E-state index contributed by atoms with van der Waals surface area (Å²) in [6.45, 7) is 4.79. The Labute approximate surface area is 60.7 Å². The topological polar surface area (TPSA) is 57.5 Å². The van der Waals surface area contributed by atoms with Crippen LogP contribution in [0.3, 0.4) is 0 Å². The lowest BCUT2D eigenvalue weighted by Gasteiger charge is -2.25. The molecule has 0 spiro atoms. The van der Waals surface area contributed by atoms with Gasteiger partial charge in [0.05, 0.1) is 11.5 Å². The third kappa shape index (κ3) is 1.48. The molecule has 0 bridgehead atoms. The van der Waals surface area contributed by atoms with Gasteiger partial charge in [0.15, 0.2) is 0 Å². The van der Waals surface area contributed by atoms with Crippen molar-refractivity contribution in [2.45, 2.75) is 33.3 Å². The first-order valence-corrected chi connectivity index (χ1v) is 3.36. The molecule has 0 saturated heterocycles. The molecule has 0 saturated carbocycles. The Morgan fingerprint density at radius 2 is 2.10 bits per heavy atom. The molecule has 0 radical (unpaired) electrons. The summed E-state index contributed by atoms with van der Waals surface area (Å²) in [5, 5.41) is 17.7. The first-order valence-electron chi connectivity index (χ1n) is 3.36. The minimum Gasteiger partial charge on any atom is -0.481 e. The van der Waals surface area contributed by atoms with E-state index in [9.17, 15) is 4.79 Å². The molecule has 0 aliphatic carbocycles. The number of aliphatic hydroxyl groups is 1. The average Bonchev–Trinajstić information content (AvgIpc) is 1.85. The molecule has 0 rings (SSSR count). The molecule has 0 unspecified atom stereocenters.